The molecule has 0 bridgehead atoms. The first-order valence-electron chi connectivity index (χ1n) is 9.25. The van der Waals surface area contributed by atoms with Gasteiger partial charge in [-0.3, -0.25) is 9.69 Å². The highest BCUT2D eigenvalue weighted by atomic mass is 16.2. The molecule has 0 aliphatic carbocycles. The van der Waals surface area contributed by atoms with E-state index in [1.807, 2.05) is 4.90 Å². The number of aryl methyl sites for hydroxylation is 1. The van der Waals surface area contributed by atoms with Crippen LogP contribution in [0.4, 0.5) is 5.69 Å². The molecule has 24 heavy (non-hydrogen) atoms. The Morgan fingerprint density at radius 1 is 1.08 bits per heavy atom. The van der Waals surface area contributed by atoms with E-state index in [-0.39, 0.29) is 0 Å². The summed E-state index contributed by atoms with van der Waals surface area (Å²) in [4.78, 5) is 19.3. The van der Waals surface area contributed by atoms with E-state index in [1.165, 1.54) is 11.3 Å². The van der Waals surface area contributed by atoms with E-state index < -0.39 is 0 Å². The molecule has 1 N–H and O–H groups in total. The van der Waals surface area contributed by atoms with Crippen LogP contribution in [0.2, 0.25) is 0 Å². The Bertz CT molecular complexity index is 532. The summed E-state index contributed by atoms with van der Waals surface area (Å²) in [5.41, 5.74) is 2.63. The summed E-state index contributed by atoms with van der Waals surface area (Å²) >= 11 is 0. The van der Waals surface area contributed by atoms with Crippen LogP contribution < -0.4 is 10.2 Å². The zero-order valence-electron chi connectivity index (χ0n) is 14.8. The van der Waals surface area contributed by atoms with Gasteiger partial charge in [-0.15, -0.1) is 0 Å². The van der Waals surface area contributed by atoms with Crippen molar-refractivity contribution in [3.05, 3.63) is 29.8 Å². The maximum atomic E-state index is 12.4. The molecule has 0 aromatic heterocycles. The van der Waals surface area contributed by atoms with Gasteiger partial charge in [0.15, 0.2) is 0 Å². The van der Waals surface area contributed by atoms with E-state index in [1.54, 1.807) is 0 Å². The maximum absolute atomic E-state index is 12.4. The molecule has 2 aliphatic rings. The third-order valence-corrected chi connectivity index (χ3v) is 5.07. The highest BCUT2D eigenvalue weighted by Gasteiger charge is 2.20. The number of carbonyl (C=O) groups excluding carboxylic acids is 1. The van der Waals surface area contributed by atoms with Crippen molar-refractivity contribution >= 4 is 11.6 Å². The van der Waals surface area contributed by atoms with Gasteiger partial charge in [-0.1, -0.05) is 12.1 Å². The molecule has 1 aromatic rings. The van der Waals surface area contributed by atoms with E-state index in [0.29, 0.717) is 12.3 Å². The molecule has 2 saturated heterocycles. The van der Waals surface area contributed by atoms with Crippen molar-refractivity contribution in [2.24, 2.45) is 0 Å². The van der Waals surface area contributed by atoms with Gasteiger partial charge >= 0.3 is 0 Å². The largest absolute Gasteiger partial charge is 0.369 e. The maximum Gasteiger partial charge on any atom is 0.223 e. The van der Waals surface area contributed by atoms with Gasteiger partial charge in [0.05, 0.1) is 0 Å². The molecule has 0 atom stereocenters. The molecule has 0 saturated carbocycles. The molecule has 5 nitrogen and oxygen atoms in total. The van der Waals surface area contributed by atoms with Crippen LogP contribution in [0.15, 0.2) is 24.3 Å². The molecule has 2 heterocycles. The number of hydrogen-bond donors (Lipinski definition) is 1. The molecule has 5 heteroatoms. The first-order chi connectivity index (χ1) is 11.7. The van der Waals surface area contributed by atoms with Crippen molar-refractivity contribution in [3.8, 4) is 0 Å². The van der Waals surface area contributed by atoms with Gasteiger partial charge in [-0.2, -0.15) is 0 Å². The minimum atomic E-state index is 0.319. The Morgan fingerprint density at radius 2 is 1.92 bits per heavy atom. The third-order valence-electron chi connectivity index (χ3n) is 5.07. The average molecular weight is 330 g/mol. The Hall–Kier alpha value is -1.59. The van der Waals surface area contributed by atoms with Crippen LogP contribution in [0.3, 0.4) is 0 Å². The minimum absolute atomic E-state index is 0.319. The predicted octanol–water partition coefficient (Wildman–Crippen LogP) is 1.33. The van der Waals surface area contributed by atoms with Crippen LogP contribution in [-0.2, 0) is 4.79 Å². The van der Waals surface area contributed by atoms with Crippen LogP contribution in [0.25, 0.3) is 0 Å². The van der Waals surface area contributed by atoms with Crippen molar-refractivity contribution < 1.29 is 4.79 Å². The number of rotatable bonds is 4. The van der Waals surface area contributed by atoms with E-state index in [0.717, 1.165) is 65.3 Å². The van der Waals surface area contributed by atoms with E-state index >= 15 is 0 Å². The fourth-order valence-corrected chi connectivity index (χ4v) is 3.56. The molecule has 1 amide bonds. The van der Waals surface area contributed by atoms with E-state index in [4.69, 9.17) is 0 Å². The number of amides is 1. The Morgan fingerprint density at radius 3 is 2.71 bits per heavy atom. The second-order valence-electron chi connectivity index (χ2n) is 6.90. The lowest BCUT2D eigenvalue weighted by Gasteiger charge is -2.36. The minimum Gasteiger partial charge on any atom is -0.369 e. The summed E-state index contributed by atoms with van der Waals surface area (Å²) in [7, 11) is 0. The van der Waals surface area contributed by atoms with E-state index in [2.05, 4.69) is 46.3 Å². The van der Waals surface area contributed by atoms with Crippen LogP contribution in [0.5, 0.6) is 0 Å². The molecule has 2 fully saturated rings. The van der Waals surface area contributed by atoms with Gasteiger partial charge in [-0.25, -0.2) is 0 Å². The molecule has 0 spiro atoms. The smallest absolute Gasteiger partial charge is 0.223 e. The second-order valence-corrected chi connectivity index (χ2v) is 6.90. The Balaban J connectivity index is 1.41. The van der Waals surface area contributed by atoms with Gasteiger partial charge in [0, 0.05) is 64.5 Å². The molecular formula is C19H30N4O. The van der Waals surface area contributed by atoms with Crippen molar-refractivity contribution in [2.45, 2.75) is 19.8 Å². The third kappa shape index (κ3) is 4.71. The van der Waals surface area contributed by atoms with Crippen LogP contribution >= 0.6 is 0 Å². The summed E-state index contributed by atoms with van der Waals surface area (Å²) in [5.74, 6) is 0.319. The van der Waals surface area contributed by atoms with Crippen molar-refractivity contribution in [2.75, 3.05) is 63.8 Å². The van der Waals surface area contributed by atoms with Crippen molar-refractivity contribution in [1.82, 2.24) is 15.1 Å². The fraction of sp³-hybridized carbons (Fsp3) is 0.632. The SMILES string of the molecule is Cc1cccc(N2CCN(CCC(=O)N3CCCNCC3)CC2)c1. The number of carbonyl (C=O) groups is 1. The second kappa shape index (κ2) is 8.49. The van der Waals surface area contributed by atoms with Gasteiger partial charge in [0.25, 0.3) is 0 Å². The zero-order chi connectivity index (χ0) is 16.8. The lowest BCUT2D eigenvalue weighted by atomic mass is 10.2. The number of benzene rings is 1. The number of piperazine rings is 1. The van der Waals surface area contributed by atoms with Gasteiger partial charge in [0.2, 0.25) is 5.91 Å². The van der Waals surface area contributed by atoms with Crippen LogP contribution in [0.1, 0.15) is 18.4 Å². The van der Waals surface area contributed by atoms with Crippen LogP contribution in [0, 0.1) is 6.92 Å². The molecule has 1 aromatic carbocycles. The molecule has 3 rings (SSSR count). The molecule has 0 radical (unpaired) electrons. The summed E-state index contributed by atoms with van der Waals surface area (Å²) < 4.78 is 0. The topological polar surface area (TPSA) is 38.8 Å². The number of hydrogen-bond acceptors (Lipinski definition) is 4. The monoisotopic (exact) mass is 330 g/mol. The number of nitrogens with zero attached hydrogens (tertiary/aromatic N) is 3. The standard InChI is InChI=1S/C19H30N4O/c1-17-4-2-5-18(16-17)22-14-12-21(13-15-22)10-6-19(24)23-9-3-7-20-8-11-23/h2,4-5,16,20H,3,6-15H2,1H3. The molecule has 2 aliphatic heterocycles. The summed E-state index contributed by atoms with van der Waals surface area (Å²) in [6.45, 7) is 11.0. The summed E-state index contributed by atoms with van der Waals surface area (Å²) in [5, 5.41) is 3.35. The first-order valence-corrected chi connectivity index (χ1v) is 9.25. The van der Waals surface area contributed by atoms with Crippen LogP contribution in [-0.4, -0.2) is 74.6 Å². The van der Waals surface area contributed by atoms with Crippen molar-refractivity contribution in [3.63, 3.8) is 0 Å². The number of anilines is 1. The fourth-order valence-electron chi connectivity index (χ4n) is 3.56. The quantitative estimate of drug-likeness (QED) is 0.904. The molecule has 132 valence electrons. The first kappa shape index (κ1) is 17.2. The van der Waals surface area contributed by atoms with Gasteiger partial charge in [0.1, 0.15) is 0 Å². The van der Waals surface area contributed by atoms with Crippen molar-refractivity contribution in [1.29, 1.82) is 0 Å². The Kier molecular flexibility index (Phi) is 6.10. The lowest BCUT2D eigenvalue weighted by molar-refractivity contribution is -0.131. The number of nitrogens with one attached hydrogen (secondary N) is 1. The highest BCUT2D eigenvalue weighted by Crippen LogP contribution is 2.17. The lowest BCUT2D eigenvalue weighted by Crippen LogP contribution is -2.47. The molecule has 0 unspecified atom stereocenters. The van der Waals surface area contributed by atoms with Gasteiger partial charge < -0.3 is 15.1 Å². The summed E-state index contributed by atoms with van der Waals surface area (Å²) in [6, 6.07) is 8.72. The summed E-state index contributed by atoms with van der Waals surface area (Å²) in [6.07, 6.45) is 1.73. The average Bonchev–Trinajstić information content (AvgIpc) is 2.89. The Labute approximate surface area is 145 Å². The predicted molar refractivity (Wildman–Crippen MR) is 98.5 cm³/mol. The molecular weight excluding hydrogens is 300 g/mol. The van der Waals surface area contributed by atoms with E-state index in [9.17, 15) is 4.79 Å². The van der Waals surface area contributed by atoms with Gasteiger partial charge in [-0.05, 0) is 37.6 Å². The highest BCUT2D eigenvalue weighted by molar-refractivity contribution is 5.76. The zero-order valence-corrected chi connectivity index (χ0v) is 14.8. The normalized spacial score (nSPS) is 20.0.